The van der Waals surface area contributed by atoms with E-state index in [1.807, 2.05) is 66.3 Å². The molecule has 0 bridgehead atoms. The van der Waals surface area contributed by atoms with E-state index < -0.39 is 0 Å². The van der Waals surface area contributed by atoms with Gasteiger partial charge in [-0.15, -0.1) is 5.10 Å². The van der Waals surface area contributed by atoms with Crippen molar-refractivity contribution in [3.8, 4) is 11.6 Å². The Hall–Kier alpha value is -3.58. The average Bonchev–Trinajstić information content (AvgIpc) is 3.40. The number of hydrogen-bond acceptors (Lipinski definition) is 4. The topological polar surface area (TPSA) is 74.0 Å². The summed E-state index contributed by atoms with van der Waals surface area (Å²) in [6.07, 6.45) is 3.69. The molecule has 4 aromatic rings. The van der Waals surface area contributed by atoms with E-state index in [0.29, 0.717) is 23.1 Å². The zero-order valence-electron chi connectivity index (χ0n) is 16.5. The number of aromatic nitrogens is 4. The molecule has 2 heterocycles. The molecule has 0 aliphatic rings. The standard InChI is InChI=1S/C22H20ClN5O2/c1-15-5-10-19(18(23)13-15)24-21(29)20-22(27-11-3-4-12-27)28(26-25-20)14-16-6-8-17(30-2)9-7-16/h3-13H,14H2,1-2H3,(H,24,29). The summed E-state index contributed by atoms with van der Waals surface area (Å²) in [7, 11) is 1.63. The Morgan fingerprint density at radius 2 is 1.87 bits per heavy atom. The number of rotatable bonds is 6. The summed E-state index contributed by atoms with van der Waals surface area (Å²) in [5, 5.41) is 11.7. The zero-order chi connectivity index (χ0) is 21.1. The van der Waals surface area contributed by atoms with Crippen molar-refractivity contribution in [1.29, 1.82) is 0 Å². The smallest absolute Gasteiger partial charge is 0.280 e. The Bertz CT molecular complexity index is 1170. The minimum Gasteiger partial charge on any atom is -0.497 e. The summed E-state index contributed by atoms with van der Waals surface area (Å²) in [6.45, 7) is 2.38. The van der Waals surface area contributed by atoms with Crippen molar-refractivity contribution in [1.82, 2.24) is 19.6 Å². The minimum absolute atomic E-state index is 0.205. The molecule has 0 unspecified atom stereocenters. The van der Waals surface area contributed by atoms with Crippen molar-refractivity contribution in [3.05, 3.63) is 88.8 Å². The van der Waals surface area contributed by atoms with Gasteiger partial charge in [0.2, 0.25) is 0 Å². The van der Waals surface area contributed by atoms with E-state index in [4.69, 9.17) is 16.3 Å². The Kier molecular flexibility index (Phi) is 5.54. The highest BCUT2D eigenvalue weighted by Crippen LogP contribution is 2.24. The lowest BCUT2D eigenvalue weighted by Crippen LogP contribution is -2.17. The van der Waals surface area contributed by atoms with Crippen LogP contribution in [0.1, 0.15) is 21.6 Å². The van der Waals surface area contributed by atoms with Crippen LogP contribution in [0.5, 0.6) is 5.75 Å². The lowest BCUT2D eigenvalue weighted by Gasteiger charge is -2.11. The molecule has 0 fully saturated rings. The van der Waals surface area contributed by atoms with Gasteiger partial charge in [0, 0.05) is 12.4 Å². The van der Waals surface area contributed by atoms with Crippen LogP contribution in [-0.4, -0.2) is 32.6 Å². The quantitative estimate of drug-likeness (QED) is 0.502. The summed E-state index contributed by atoms with van der Waals surface area (Å²) < 4.78 is 8.71. The van der Waals surface area contributed by atoms with Gasteiger partial charge >= 0.3 is 0 Å². The molecule has 1 amide bonds. The molecule has 4 rings (SSSR count). The number of carbonyl (C=O) groups excluding carboxylic acids is 1. The summed E-state index contributed by atoms with van der Waals surface area (Å²) in [5.41, 5.74) is 2.74. The maximum atomic E-state index is 13.0. The van der Waals surface area contributed by atoms with Crippen LogP contribution in [0.25, 0.3) is 5.82 Å². The number of anilines is 1. The first-order valence-electron chi connectivity index (χ1n) is 9.32. The van der Waals surface area contributed by atoms with Crippen LogP contribution >= 0.6 is 11.6 Å². The molecule has 2 aromatic heterocycles. The molecule has 0 aliphatic carbocycles. The molecule has 0 saturated carbocycles. The Morgan fingerprint density at radius 1 is 1.13 bits per heavy atom. The van der Waals surface area contributed by atoms with Crippen molar-refractivity contribution in [2.45, 2.75) is 13.5 Å². The van der Waals surface area contributed by atoms with Crippen LogP contribution in [-0.2, 0) is 6.54 Å². The van der Waals surface area contributed by atoms with Crippen molar-refractivity contribution < 1.29 is 9.53 Å². The van der Waals surface area contributed by atoms with Crippen molar-refractivity contribution in [3.63, 3.8) is 0 Å². The van der Waals surface area contributed by atoms with Crippen LogP contribution < -0.4 is 10.1 Å². The predicted molar refractivity (Wildman–Crippen MR) is 116 cm³/mol. The highest BCUT2D eigenvalue weighted by molar-refractivity contribution is 6.34. The summed E-state index contributed by atoms with van der Waals surface area (Å²) in [5.74, 6) is 0.958. The number of nitrogens with zero attached hydrogens (tertiary/aromatic N) is 4. The van der Waals surface area contributed by atoms with E-state index >= 15 is 0 Å². The van der Waals surface area contributed by atoms with Gasteiger partial charge in [0.05, 0.1) is 24.4 Å². The van der Waals surface area contributed by atoms with E-state index in [1.165, 1.54) is 0 Å². The van der Waals surface area contributed by atoms with Gasteiger partial charge in [0.25, 0.3) is 5.91 Å². The first kappa shape index (κ1) is 19.7. The third kappa shape index (κ3) is 4.06. The molecule has 8 heteroatoms. The summed E-state index contributed by atoms with van der Waals surface area (Å²) in [4.78, 5) is 13.0. The SMILES string of the molecule is COc1ccc(Cn2nnc(C(=O)Nc3ccc(C)cc3Cl)c2-n2cccc2)cc1. The van der Waals surface area contributed by atoms with Crippen molar-refractivity contribution >= 4 is 23.2 Å². The van der Waals surface area contributed by atoms with Crippen LogP contribution in [0.3, 0.4) is 0 Å². The molecule has 2 aromatic carbocycles. The number of benzene rings is 2. The predicted octanol–water partition coefficient (Wildman–Crippen LogP) is 4.34. The zero-order valence-corrected chi connectivity index (χ0v) is 17.3. The van der Waals surface area contributed by atoms with Gasteiger partial charge in [0.15, 0.2) is 11.5 Å². The van der Waals surface area contributed by atoms with E-state index in [0.717, 1.165) is 16.9 Å². The molecule has 0 saturated heterocycles. The number of halogens is 1. The van der Waals surface area contributed by atoms with E-state index in [-0.39, 0.29) is 11.6 Å². The molecule has 1 N–H and O–H groups in total. The largest absolute Gasteiger partial charge is 0.497 e. The summed E-state index contributed by atoms with van der Waals surface area (Å²) >= 11 is 6.27. The van der Waals surface area contributed by atoms with Gasteiger partial charge in [-0.3, -0.25) is 4.79 Å². The normalized spacial score (nSPS) is 10.8. The molecule has 0 radical (unpaired) electrons. The molecule has 0 atom stereocenters. The van der Waals surface area contributed by atoms with Gasteiger partial charge in [-0.2, -0.15) is 0 Å². The molecule has 0 aliphatic heterocycles. The minimum atomic E-state index is -0.384. The van der Waals surface area contributed by atoms with Gasteiger partial charge in [-0.05, 0) is 54.4 Å². The second kappa shape index (κ2) is 8.42. The van der Waals surface area contributed by atoms with E-state index in [2.05, 4.69) is 15.6 Å². The van der Waals surface area contributed by atoms with Gasteiger partial charge in [0.1, 0.15) is 5.75 Å². The van der Waals surface area contributed by atoms with Crippen LogP contribution in [0, 0.1) is 6.92 Å². The fraction of sp³-hybridized carbons (Fsp3) is 0.136. The number of amides is 1. The Morgan fingerprint density at radius 3 is 2.53 bits per heavy atom. The third-order valence-electron chi connectivity index (χ3n) is 4.64. The number of nitrogens with one attached hydrogen (secondary N) is 1. The highest BCUT2D eigenvalue weighted by Gasteiger charge is 2.22. The second-order valence-electron chi connectivity index (χ2n) is 6.80. The number of aryl methyl sites for hydroxylation is 1. The highest BCUT2D eigenvalue weighted by atomic mass is 35.5. The van der Waals surface area contributed by atoms with E-state index in [1.54, 1.807) is 23.9 Å². The van der Waals surface area contributed by atoms with Crippen molar-refractivity contribution in [2.24, 2.45) is 0 Å². The van der Waals surface area contributed by atoms with Crippen molar-refractivity contribution in [2.75, 3.05) is 12.4 Å². The number of methoxy groups -OCH3 is 1. The lowest BCUT2D eigenvalue weighted by atomic mass is 10.2. The molecule has 30 heavy (non-hydrogen) atoms. The molecule has 152 valence electrons. The Labute approximate surface area is 178 Å². The maximum absolute atomic E-state index is 13.0. The number of ether oxygens (including phenoxy) is 1. The number of hydrogen-bond donors (Lipinski definition) is 1. The van der Waals surface area contributed by atoms with Gasteiger partial charge in [-0.25, -0.2) is 4.68 Å². The first-order chi connectivity index (χ1) is 14.5. The van der Waals surface area contributed by atoms with Crippen LogP contribution in [0.2, 0.25) is 5.02 Å². The maximum Gasteiger partial charge on any atom is 0.280 e. The molecule has 7 nitrogen and oxygen atoms in total. The monoisotopic (exact) mass is 421 g/mol. The fourth-order valence-electron chi connectivity index (χ4n) is 3.10. The molecular weight excluding hydrogens is 402 g/mol. The third-order valence-corrected chi connectivity index (χ3v) is 4.95. The van der Waals surface area contributed by atoms with Gasteiger partial charge in [-0.1, -0.05) is 35.0 Å². The second-order valence-corrected chi connectivity index (χ2v) is 7.20. The average molecular weight is 422 g/mol. The molecule has 0 spiro atoms. The summed E-state index contributed by atoms with van der Waals surface area (Å²) in [6, 6.07) is 16.9. The first-order valence-corrected chi connectivity index (χ1v) is 9.70. The van der Waals surface area contributed by atoms with E-state index in [9.17, 15) is 4.79 Å². The van der Waals surface area contributed by atoms with Crippen LogP contribution in [0.15, 0.2) is 67.0 Å². The molecular formula is C22H20ClN5O2. The lowest BCUT2D eigenvalue weighted by molar-refractivity contribution is 0.102. The number of carbonyl (C=O) groups is 1. The van der Waals surface area contributed by atoms with Crippen LogP contribution in [0.4, 0.5) is 5.69 Å². The van der Waals surface area contributed by atoms with Gasteiger partial charge < -0.3 is 14.6 Å². The fourth-order valence-corrected chi connectivity index (χ4v) is 3.38. The Balaban J connectivity index is 1.67.